The molecule has 0 N–H and O–H groups in total. The maximum absolute atomic E-state index is 5.66. The molecule has 0 saturated carbocycles. The number of rotatable bonds is 1. The van der Waals surface area contributed by atoms with Gasteiger partial charge in [-0.2, -0.15) is 0 Å². The summed E-state index contributed by atoms with van der Waals surface area (Å²) in [6.07, 6.45) is 2.58. The number of morpholine rings is 1. The third kappa shape index (κ3) is 2.00. The molecule has 1 fully saturated rings. The lowest BCUT2D eigenvalue weighted by atomic mass is 10.2. The van der Waals surface area contributed by atoms with Crippen LogP contribution in [0.3, 0.4) is 0 Å². The average molecular weight is 198 g/mol. The number of hydrogen-bond donors (Lipinski definition) is 0. The van der Waals surface area contributed by atoms with Crippen LogP contribution in [0.4, 0.5) is 5.00 Å². The van der Waals surface area contributed by atoms with E-state index in [0.717, 1.165) is 13.1 Å². The molecule has 3 nitrogen and oxygen atoms in total. The van der Waals surface area contributed by atoms with Crippen LogP contribution in [-0.4, -0.2) is 30.3 Å². The van der Waals surface area contributed by atoms with Crippen LogP contribution >= 0.6 is 11.3 Å². The van der Waals surface area contributed by atoms with E-state index < -0.39 is 0 Å². The second kappa shape index (κ2) is 3.64. The first-order chi connectivity index (χ1) is 6.25. The molecule has 2 unspecified atom stereocenters. The van der Waals surface area contributed by atoms with E-state index in [-0.39, 0.29) is 0 Å². The van der Waals surface area contributed by atoms with E-state index in [2.05, 4.69) is 23.7 Å². The van der Waals surface area contributed by atoms with Crippen molar-refractivity contribution in [2.75, 3.05) is 18.0 Å². The Hall–Kier alpha value is -0.610. The lowest BCUT2D eigenvalue weighted by Gasteiger charge is -2.35. The smallest absolute Gasteiger partial charge is 0.111 e. The molecule has 2 rings (SSSR count). The topological polar surface area (TPSA) is 25.4 Å². The molecule has 1 aliphatic rings. The third-order valence-corrected chi connectivity index (χ3v) is 2.98. The molecule has 0 aromatic carbocycles. The van der Waals surface area contributed by atoms with Gasteiger partial charge in [-0.15, -0.1) is 11.3 Å². The molecule has 13 heavy (non-hydrogen) atoms. The monoisotopic (exact) mass is 198 g/mol. The molecule has 0 bridgehead atoms. The molecule has 2 atom stereocenters. The minimum absolute atomic E-state index is 0.325. The summed E-state index contributed by atoms with van der Waals surface area (Å²) in [7, 11) is 0. The first kappa shape index (κ1) is 8.97. The van der Waals surface area contributed by atoms with Gasteiger partial charge in [0.2, 0.25) is 0 Å². The van der Waals surface area contributed by atoms with Gasteiger partial charge in [0.15, 0.2) is 0 Å². The summed E-state index contributed by atoms with van der Waals surface area (Å²) >= 11 is 1.69. The van der Waals surface area contributed by atoms with E-state index in [0.29, 0.717) is 12.2 Å². The van der Waals surface area contributed by atoms with Gasteiger partial charge in [0, 0.05) is 13.1 Å². The highest BCUT2D eigenvalue weighted by Crippen LogP contribution is 2.23. The molecule has 1 aromatic heterocycles. The second-order valence-corrected chi connectivity index (χ2v) is 4.37. The molecule has 0 aliphatic carbocycles. The van der Waals surface area contributed by atoms with Crippen molar-refractivity contribution in [3.63, 3.8) is 0 Å². The molecule has 1 saturated heterocycles. The standard InChI is InChI=1S/C9H14N2OS/c1-7-4-11(5-8(2)12-7)9-3-10-6-13-9/h3,6-8H,4-5H2,1-2H3. The normalized spacial score (nSPS) is 29.2. The molecular formula is C9H14N2OS. The van der Waals surface area contributed by atoms with Crippen molar-refractivity contribution in [2.24, 2.45) is 0 Å². The Bertz CT molecular complexity index is 253. The van der Waals surface area contributed by atoms with Crippen LogP contribution in [0, 0.1) is 0 Å². The Balaban J connectivity index is 2.07. The maximum Gasteiger partial charge on any atom is 0.111 e. The molecule has 2 heterocycles. The zero-order valence-electron chi connectivity index (χ0n) is 7.93. The van der Waals surface area contributed by atoms with Crippen molar-refractivity contribution >= 4 is 16.3 Å². The van der Waals surface area contributed by atoms with Gasteiger partial charge in [0.25, 0.3) is 0 Å². The number of nitrogens with zero attached hydrogens (tertiary/aromatic N) is 2. The summed E-state index contributed by atoms with van der Waals surface area (Å²) in [6.45, 7) is 6.19. The van der Waals surface area contributed by atoms with Crippen molar-refractivity contribution < 1.29 is 4.74 Å². The van der Waals surface area contributed by atoms with E-state index in [1.165, 1.54) is 5.00 Å². The summed E-state index contributed by atoms with van der Waals surface area (Å²) < 4.78 is 5.66. The van der Waals surface area contributed by atoms with E-state index in [1.54, 1.807) is 11.3 Å². The minimum atomic E-state index is 0.325. The molecule has 72 valence electrons. The second-order valence-electron chi connectivity index (χ2n) is 3.50. The van der Waals surface area contributed by atoms with Gasteiger partial charge in [-0.1, -0.05) is 0 Å². The highest BCUT2D eigenvalue weighted by molar-refractivity contribution is 7.13. The number of thiazole rings is 1. The van der Waals surface area contributed by atoms with Gasteiger partial charge in [-0.3, -0.25) is 4.98 Å². The molecule has 4 heteroatoms. The predicted octanol–water partition coefficient (Wildman–Crippen LogP) is 1.76. The fraction of sp³-hybridized carbons (Fsp3) is 0.667. The van der Waals surface area contributed by atoms with Crippen LogP contribution in [0.2, 0.25) is 0 Å². The Kier molecular flexibility index (Phi) is 2.51. The zero-order valence-corrected chi connectivity index (χ0v) is 8.75. The Morgan fingerprint density at radius 2 is 2.15 bits per heavy atom. The van der Waals surface area contributed by atoms with Crippen LogP contribution in [0.5, 0.6) is 0 Å². The Morgan fingerprint density at radius 1 is 1.46 bits per heavy atom. The molecule has 1 aromatic rings. The van der Waals surface area contributed by atoms with E-state index in [9.17, 15) is 0 Å². The molecule has 1 aliphatic heterocycles. The fourth-order valence-electron chi connectivity index (χ4n) is 1.72. The molecular weight excluding hydrogens is 184 g/mol. The van der Waals surface area contributed by atoms with E-state index >= 15 is 0 Å². The van der Waals surface area contributed by atoms with E-state index in [4.69, 9.17) is 4.74 Å². The molecule has 0 amide bonds. The number of ether oxygens (including phenoxy) is 1. The van der Waals surface area contributed by atoms with Crippen LogP contribution < -0.4 is 4.90 Å². The summed E-state index contributed by atoms with van der Waals surface area (Å²) in [6, 6.07) is 0. The number of aromatic nitrogens is 1. The van der Waals surface area contributed by atoms with Crippen LogP contribution in [0.1, 0.15) is 13.8 Å². The summed E-state index contributed by atoms with van der Waals surface area (Å²) in [4.78, 5) is 6.43. The zero-order chi connectivity index (χ0) is 9.26. The molecule has 0 spiro atoms. The summed E-state index contributed by atoms with van der Waals surface area (Å²) in [5, 5.41) is 1.25. The van der Waals surface area contributed by atoms with Crippen LogP contribution in [0.25, 0.3) is 0 Å². The van der Waals surface area contributed by atoms with Crippen molar-refractivity contribution in [1.82, 2.24) is 4.98 Å². The van der Waals surface area contributed by atoms with Crippen molar-refractivity contribution in [2.45, 2.75) is 26.1 Å². The number of hydrogen-bond acceptors (Lipinski definition) is 4. The maximum atomic E-state index is 5.66. The van der Waals surface area contributed by atoms with Gasteiger partial charge >= 0.3 is 0 Å². The van der Waals surface area contributed by atoms with Gasteiger partial charge < -0.3 is 9.64 Å². The molecule has 0 radical (unpaired) electrons. The third-order valence-electron chi connectivity index (χ3n) is 2.15. The van der Waals surface area contributed by atoms with Crippen molar-refractivity contribution in [1.29, 1.82) is 0 Å². The summed E-state index contributed by atoms with van der Waals surface area (Å²) in [5.41, 5.74) is 1.88. The van der Waals surface area contributed by atoms with Gasteiger partial charge in [0.1, 0.15) is 5.00 Å². The highest BCUT2D eigenvalue weighted by atomic mass is 32.1. The Labute approximate surface area is 82.3 Å². The highest BCUT2D eigenvalue weighted by Gasteiger charge is 2.22. The van der Waals surface area contributed by atoms with E-state index in [1.807, 2.05) is 11.7 Å². The summed E-state index contributed by atoms with van der Waals surface area (Å²) in [5.74, 6) is 0. The van der Waals surface area contributed by atoms with Crippen LogP contribution in [0.15, 0.2) is 11.7 Å². The number of anilines is 1. The largest absolute Gasteiger partial charge is 0.372 e. The minimum Gasteiger partial charge on any atom is -0.372 e. The predicted molar refractivity (Wildman–Crippen MR) is 54.3 cm³/mol. The van der Waals surface area contributed by atoms with Gasteiger partial charge in [-0.05, 0) is 13.8 Å². The van der Waals surface area contributed by atoms with Crippen LogP contribution in [-0.2, 0) is 4.74 Å². The SMILES string of the molecule is CC1CN(c2cncs2)CC(C)O1. The van der Waals surface area contributed by atoms with Gasteiger partial charge in [0.05, 0.1) is 23.9 Å². The first-order valence-corrected chi connectivity index (χ1v) is 5.42. The lowest BCUT2D eigenvalue weighted by molar-refractivity contribution is -0.00501. The van der Waals surface area contributed by atoms with Crippen molar-refractivity contribution in [3.05, 3.63) is 11.7 Å². The van der Waals surface area contributed by atoms with Crippen molar-refractivity contribution in [3.8, 4) is 0 Å². The quantitative estimate of drug-likeness (QED) is 0.687. The average Bonchev–Trinajstić information content (AvgIpc) is 2.53. The first-order valence-electron chi connectivity index (χ1n) is 4.54. The lowest BCUT2D eigenvalue weighted by Crippen LogP contribution is -2.45. The van der Waals surface area contributed by atoms with Gasteiger partial charge in [-0.25, -0.2) is 0 Å². The Morgan fingerprint density at radius 3 is 2.69 bits per heavy atom. The fourth-order valence-corrected chi connectivity index (χ4v) is 2.37.